The van der Waals surface area contributed by atoms with Gasteiger partial charge in [0.1, 0.15) is 6.54 Å². The lowest BCUT2D eigenvalue weighted by Crippen LogP contribution is -2.41. The summed E-state index contributed by atoms with van der Waals surface area (Å²) in [5.41, 5.74) is -0.828. The minimum absolute atomic E-state index is 0.250. The maximum Gasteiger partial charge on any atom is 0.318 e. The number of hydrogen-bond donors (Lipinski definition) is 1. The van der Waals surface area contributed by atoms with Crippen molar-refractivity contribution in [3.8, 4) is 0 Å². The highest BCUT2D eigenvalue weighted by Gasteiger charge is 2.29. The van der Waals surface area contributed by atoms with E-state index in [0.29, 0.717) is 0 Å². The summed E-state index contributed by atoms with van der Waals surface area (Å²) in [5.74, 6) is -1.43. The van der Waals surface area contributed by atoms with Gasteiger partial charge in [-0.1, -0.05) is 0 Å². The maximum absolute atomic E-state index is 11.6. The summed E-state index contributed by atoms with van der Waals surface area (Å²) in [6.45, 7) is 2.71. The molecule has 90 valence electrons. The van der Waals surface area contributed by atoms with Crippen molar-refractivity contribution in [2.24, 2.45) is 0 Å². The van der Waals surface area contributed by atoms with E-state index in [9.17, 15) is 13.2 Å². The van der Waals surface area contributed by atoms with Crippen molar-refractivity contribution < 1.29 is 23.1 Å². The third-order valence-corrected chi connectivity index (χ3v) is 4.05. The molecule has 0 spiro atoms. The van der Waals surface area contributed by atoms with Crippen LogP contribution in [0.1, 0.15) is 13.8 Å². The van der Waals surface area contributed by atoms with Crippen LogP contribution in [0, 0.1) is 0 Å². The normalized spacial score (nSPS) is 13.1. The molecule has 0 aliphatic heterocycles. The number of nitrogens with zero attached hydrogens (tertiary/aromatic N) is 1. The molecule has 15 heavy (non-hydrogen) atoms. The molecular formula is C8H17NO5S. The molecule has 0 heterocycles. The van der Waals surface area contributed by atoms with Crippen LogP contribution in [-0.2, 0) is 19.6 Å². The Hall–Kier alpha value is -0.660. The van der Waals surface area contributed by atoms with Gasteiger partial charge in [0.05, 0.1) is 11.4 Å². The molecule has 0 bridgehead atoms. The first-order valence-corrected chi connectivity index (χ1v) is 5.92. The van der Waals surface area contributed by atoms with Crippen molar-refractivity contribution in [2.75, 3.05) is 26.5 Å². The number of aliphatic carboxylic acids is 1. The molecular weight excluding hydrogens is 222 g/mol. The fourth-order valence-electron chi connectivity index (χ4n) is 0.897. The second-order valence-electron chi connectivity index (χ2n) is 3.87. The highest BCUT2D eigenvalue weighted by molar-refractivity contribution is 7.89. The Labute approximate surface area is 89.9 Å². The summed E-state index contributed by atoms with van der Waals surface area (Å²) < 4.78 is 29.0. The van der Waals surface area contributed by atoms with Crippen LogP contribution in [0.25, 0.3) is 0 Å². The molecule has 0 saturated carbocycles. The minimum Gasteiger partial charge on any atom is -0.480 e. The molecule has 0 unspecified atom stereocenters. The predicted molar refractivity (Wildman–Crippen MR) is 55.1 cm³/mol. The highest BCUT2D eigenvalue weighted by atomic mass is 32.2. The molecule has 0 aromatic heterocycles. The Balaban J connectivity index is 4.63. The fourth-order valence-corrected chi connectivity index (χ4v) is 2.42. The predicted octanol–water partition coefficient (Wildman–Crippen LogP) is -0.242. The van der Waals surface area contributed by atoms with Crippen molar-refractivity contribution in [1.29, 1.82) is 0 Å². The fraction of sp³-hybridized carbons (Fsp3) is 0.875. The van der Waals surface area contributed by atoms with Gasteiger partial charge in [0.15, 0.2) is 0 Å². The van der Waals surface area contributed by atoms with Crippen LogP contribution in [0.3, 0.4) is 0 Å². The van der Waals surface area contributed by atoms with Crippen LogP contribution in [0.15, 0.2) is 0 Å². The van der Waals surface area contributed by atoms with Crippen molar-refractivity contribution >= 4 is 16.0 Å². The van der Waals surface area contributed by atoms with Crippen LogP contribution in [0.4, 0.5) is 0 Å². The molecule has 0 rings (SSSR count). The summed E-state index contributed by atoms with van der Waals surface area (Å²) in [4.78, 5) is 10.4. The van der Waals surface area contributed by atoms with Crippen LogP contribution >= 0.6 is 0 Å². The van der Waals surface area contributed by atoms with Gasteiger partial charge >= 0.3 is 5.97 Å². The number of hydrogen-bond acceptors (Lipinski definition) is 4. The molecule has 0 saturated heterocycles. The number of ether oxygens (including phenoxy) is 1. The van der Waals surface area contributed by atoms with E-state index in [0.717, 1.165) is 4.31 Å². The molecule has 7 heteroatoms. The first kappa shape index (κ1) is 14.3. The van der Waals surface area contributed by atoms with Gasteiger partial charge in [0.2, 0.25) is 10.0 Å². The Morgan fingerprint density at radius 1 is 1.47 bits per heavy atom. The van der Waals surface area contributed by atoms with E-state index in [4.69, 9.17) is 9.84 Å². The summed E-state index contributed by atoms with van der Waals surface area (Å²) in [6, 6.07) is 0. The van der Waals surface area contributed by atoms with E-state index >= 15 is 0 Å². The Bertz CT molecular complexity index is 322. The second kappa shape index (κ2) is 4.91. The Morgan fingerprint density at radius 3 is 2.27 bits per heavy atom. The van der Waals surface area contributed by atoms with Crippen LogP contribution in [-0.4, -0.2) is 55.9 Å². The van der Waals surface area contributed by atoms with Gasteiger partial charge in [-0.3, -0.25) is 4.79 Å². The highest BCUT2D eigenvalue weighted by Crippen LogP contribution is 2.13. The molecule has 6 nitrogen and oxygen atoms in total. The van der Waals surface area contributed by atoms with E-state index in [2.05, 4.69) is 0 Å². The monoisotopic (exact) mass is 239 g/mol. The Morgan fingerprint density at radius 2 is 1.93 bits per heavy atom. The first-order chi connectivity index (χ1) is 6.60. The largest absolute Gasteiger partial charge is 0.480 e. The Kier molecular flexibility index (Phi) is 4.69. The average molecular weight is 239 g/mol. The number of sulfonamides is 1. The number of carboxylic acid groups (broad SMARTS) is 1. The maximum atomic E-state index is 11.6. The molecule has 0 fully saturated rings. The summed E-state index contributed by atoms with van der Waals surface area (Å²) in [5, 5.41) is 8.47. The van der Waals surface area contributed by atoms with Gasteiger partial charge in [0, 0.05) is 14.2 Å². The number of likely N-dealkylation sites (N-methyl/N-ethyl adjacent to an activating group) is 1. The average Bonchev–Trinajstić information content (AvgIpc) is 2.01. The topological polar surface area (TPSA) is 83.9 Å². The molecule has 0 atom stereocenters. The number of methoxy groups -OCH3 is 1. The summed E-state index contributed by atoms with van der Waals surface area (Å²) in [6.07, 6.45) is 0. The van der Waals surface area contributed by atoms with Gasteiger partial charge in [-0.05, 0) is 13.8 Å². The van der Waals surface area contributed by atoms with Gasteiger partial charge in [-0.15, -0.1) is 0 Å². The van der Waals surface area contributed by atoms with Crippen LogP contribution in [0.5, 0.6) is 0 Å². The lowest BCUT2D eigenvalue weighted by Gasteiger charge is -2.25. The smallest absolute Gasteiger partial charge is 0.318 e. The molecule has 0 amide bonds. The standard InChI is InChI=1S/C8H17NO5S/c1-8(2,14-4)6-15(12,13)9(3)5-7(10)11/h5-6H2,1-4H3,(H,10,11). The lowest BCUT2D eigenvalue weighted by molar-refractivity contribution is -0.137. The SMILES string of the molecule is COC(C)(C)CS(=O)(=O)N(C)CC(=O)O. The van der Waals surface area contributed by atoms with E-state index in [-0.39, 0.29) is 5.75 Å². The molecule has 0 radical (unpaired) electrons. The number of rotatable bonds is 6. The molecule has 0 aromatic rings. The number of carbonyl (C=O) groups is 1. The zero-order chi connectivity index (χ0) is 12.3. The van der Waals surface area contributed by atoms with Gasteiger partial charge in [0.25, 0.3) is 0 Å². The quantitative estimate of drug-likeness (QED) is 0.691. The number of carboxylic acids is 1. The van der Waals surface area contributed by atoms with Gasteiger partial charge in [-0.25, -0.2) is 8.42 Å². The second-order valence-corrected chi connectivity index (χ2v) is 5.95. The van der Waals surface area contributed by atoms with Crippen LogP contribution < -0.4 is 0 Å². The van der Waals surface area contributed by atoms with Gasteiger partial charge < -0.3 is 9.84 Å². The van der Waals surface area contributed by atoms with Crippen molar-refractivity contribution in [1.82, 2.24) is 4.31 Å². The van der Waals surface area contributed by atoms with E-state index in [1.165, 1.54) is 14.2 Å². The van der Waals surface area contributed by atoms with E-state index in [1.54, 1.807) is 13.8 Å². The summed E-state index contributed by atoms with van der Waals surface area (Å²) in [7, 11) is -0.957. The van der Waals surface area contributed by atoms with E-state index < -0.39 is 28.1 Å². The van der Waals surface area contributed by atoms with Gasteiger partial charge in [-0.2, -0.15) is 4.31 Å². The lowest BCUT2D eigenvalue weighted by atomic mass is 10.2. The molecule has 1 N–H and O–H groups in total. The zero-order valence-corrected chi connectivity index (χ0v) is 10.2. The first-order valence-electron chi connectivity index (χ1n) is 4.32. The molecule has 0 aliphatic carbocycles. The van der Waals surface area contributed by atoms with Crippen molar-refractivity contribution in [3.05, 3.63) is 0 Å². The van der Waals surface area contributed by atoms with Crippen molar-refractivity contribution in [3.63, 3.8) is 0 Å². The zero-order valence-electron chi connectivity index (χ0n) is 9.35. The molecule has 0 aliphatic rings. The third kappa shape index (κ3) is 5.10. The summed E-state index contributed by atoms with van der Waals surface area (Å²) >= 11 is 0. The van der Waals surface area contributed by atoms with E-state index in [1.807, 2.05) is 0 Å². The molecule has 0 aromatic carbocycles. The van der Waals surface area contributed by atoms with Crippen molar-refractivity contribution in [2.45, 2.75) is 19.4 Å². The third-order valence-electron chi connectivity index (χ3n) is 1.92. The van der Waals surface area contributed by atoms with Crippen LogP contribution in [0.2, 0.25) is 0 Å². The minimum atomic E-state index is -3.60.